The van der Waals surface area contributed by atoms with Crippen molar-refractivity contribution in [2.45, 2.75) is 13.5 Å². The Morgan fingerprint density at radius 2 is 2.00 bits per heavy atom. The predicted octanol–water partition coefficient (Wildman–Crippen LogP) is 1.82. The van der Waals surface area contributed by atoms with Gasteiger partial charge in [-0.05, 0) is 24.6 Å². The fourth-order valence-corrected chi connectivity index (χ4v) is 1.03. The largest absolute Gasteiger partial charge is 0.443 e. The first-order valence-electron chi connectivity index (χ1n) is 5.31. The molecule has 0 bridgehead atoms. The lowest BCUT2D eigenvalue weighted by Crippen LogP contribution is -2.27. The molecule has 1 amide bonds. The summed E-state index contributed by atoms with van der Waals surface area (Å²) < 4.78 is 4.79. The fraction of sp³-hybridized carbons (Fsp3) is 0.154. The van der Waals surface area contributed by atoms with Crippen LogP contribution in [0.1, 0.15) is 18.1 Å². The highest BCUT2D eigenvalue weighted by Crippen LogP contribution is 2.04. The number of hydroxylamine groups is 1. The van der Waals surface area contributed by atoms with E-state index < -0.39 is 12.1 Å². The van der Waals surface area contributed by atoms with Gasteiger partial charge in [0.05, 0.1) is 11.6 Å². The van der Waals surface area contributed by atoms with Gasteiger partial charge in [-0.1, -0.05) is 18.7 Å². The molecule has 0 aromatic heterocycles. The van der Waals surface area contributed by atoms with Crippen LogP contribution in [0.25, 0.3) is 0 Å². The molecule has 19 heavy (non-hydrogen) atoms. The van der Waals surface area contributed by atoms with Gasteiger partial charge in [-0.15, -0.1) is 5.48 Å². The van der Waals surface area contributed by atoms with E-state index in [2.05, 4.69) is 11.4 Å². The van der Waals surface area contributed by atoms with Crippen molar-refractivity contribution in [2.75, 3.05) is 0 Å². The third kappa shape index (κ3) is 4.91. The molecule has 0 fully saturated rings. The van der Waals surface area contributed by atoms with Crippen LogP contribution in [0.5, 0.6) is 0 Å². The molecule has 98 valence electrons. The molecule has 1 aromatic rings. The molecule has 1 aromatic carbocycles. The standard InChI is InChI=1S/C13H12N2O4/c1-9(2)12(16)19-15-13(17)18-8-11-5-3-10(7-14)4-6-11/h3-6H,1,8H2,2H3,(H,15,17). The van der Waals surface area contributed by atoms with Crippen molar-refractivity contribution in [3.63, 3.8) is 0 Å². The Kier molecular flexibility index (Phi) is 5.11. The summed E-state index contributed by atoms with van der Waals surface area (Å²) in [6, 6.07) is 8.51. The zero-order valence-electron chi connectivity index (χ0n) is 10.3. The summed E-state index contributed by atoms with van der Waals surface area (Å²) in [6.45, 7) is 4.80. The number of benzene rings is 1. The fourth-order valence-electron chi connectivity index (χ4n) is 1.03. The third-order valence-corrected chi connectivity index (χ3v) is 2.03. The minimum atomic E-state index is -0.890. The first kappa shape index (κ1) is 14.3. The normalized spacial score (nSPS) is 9.05. The van der Waals surface area contributed by atoms with Gasteiger partial charge in [0.2, 0.25) is 0 Å². The number of ether oxygens (including phenoxy) is 1. The van der Waals surface area contributed by atoms with Gasteiger partial charge in [-0.2, -0.15) is 5.26 Å². The monoisotopic (exact) mass is 260 g/mol. The Morgan fingerprint density at radius 3 is 2.53 bits per heavy atom. The van der Waals surface area contributed by atoms with Gasteiger partial charge in [0.25, 0.3) is 0 Å². The van der Waals surface area contributed by atoms with Crippen LogP contribution in [0.2, 0.25) is 0 Å². The van der Waals surface area contributed by atoms with E-state index in [4.69, 9.17) is 10.00 Å². The van der Waals surface area contributed by atoms with Crippen molar-refractivity contribution in [2.24, 2.45) is 0 Å². The molecule has 0 radical (unpaired) electrons. The molecule has 1 rings (SSSR count). The quantitative estimate of drug-likeness (QED) is 0.661. The van der Waals surface area contributed by atoms with Crippen LogP contribution < -0.4 is 5.48 Å². The van der Waals surface area contributed by atoms with Gasteiger partial charge in [-0.25, -0.2) is 9.59 Å². The molecule has 0 aliphatic rings. The van der Waals surface area contributed by atoms with E-state index in [0.29, 0.717) is 11.1 Å². The summed E-state index contributed by atoms with van der Waals surface area (Å²) >= 11 is 0. The molecule has 0 heterocycles. The molecular weight excluding hydrogens is 248 g/mol. The van der Waals surface area contributed by atoms with Crippen molar-refractivity contribution in [1.82, 2.24) is 5.48 Å². The highest BCUT2D eigenvalue weighted by molar-refractivity contribution is 5.87. The highest BCUT2D eigenvalue weighted by Gasteiger charge is 2.08. The lowest BCUT2D eigenvalue weighted by molar-refractivity contribution is -0.144. The Hall–Kier alpha value is -2.81. The van der Waals surface area contributed by atoms with Crippen LogP contribution in [-0.4, -0.2) is 12.1 Å². The number of nitrogens with zero attached hydrogens (tertiary/aromatic N) is 1. The van der Waals surface area contributed by atoms with Gasteiger partial charge in [-0.3, -0.25) is 0 Å². The third-order valence-electron chi connectivity index (χ3n) is 2.03. The minimum absolute atomic E-state index is 0.00215. The van der Waals surface area contributed by atoms with Crippen LogP contribution in [0.15, 0.2) is 36.4 Å². The number of carbonyl (C=O) groups is 2. The lowest BCUT2D eigenvalue weighted by atomic mass is 10.2. The van der Waals surface area contributed by atoms with Crippen LogP contribution in [0.4, 0.5) is 4.79 Å². The van der Waals surface area contributed by atoms with Crippen molar-refractivity contribution in [3.8, 4) is 6.07 Å². The number of rotatable bonds is 3. The molecule has 0 saturated carbocycles. The Bertz CT molecular complexity index is 529. The first-order valence-corrected chi connectivity index (χ1v) is 5.31. The van der Waals surface area contributed by atoms with E-state index in [-0.39, 0.29) is 12.2 Å². The van der Waals surface area contributed by atoms with Gasteiger partial charge in [0, 0.05) is 5.57 Å². The minimum Gasteiger partial charge on any atom is -0.443 e. The van der Waals surface area contributed by atoms with Gasteiger partial charge < -0.3 is 9.57 Å². The van der Waals surface area contributed by atoms with Crippen LogP contribution in [-0.2, 0) is 21.0 Å². The summed E-state index contributed by atoms with van der Waals surface area (Å²) in [5.74, 6) is -0.740. The zero-order valence-corrected chi connectivity index (χ0v) is 10.3. The van der Waals surface area contributed by atoms with Crippen LogP contribution in [0.3, 0.4) is 0 Å². The summed E-state index contributed by atoms with van der Waals surface area (Å²) in [5.41, 5.74) is 3.22. The van der Waals surface area contributed by atoms with E-state index >= 15 is 0 Å². The van der Waals surface area contributed by atoms with Gasteiger partial charge >= 0.3 is 12.1 Å². The van der Waals surface area contributed by atoms with Gasteiger partial charge in [0.15, 0.2) is 0 Å². The summed E-state index contributed by atoms with van der Waals surface area (Å²) in [5, 5.41) is 8.61. The molecule has 0 atom stereocenters. The second-order valence-corrected chi connectivity index (χ2v) is 3.66. The lowest BCUT2D eigenvalue weighted by Gasteiger charge is -2.06. The maximum Gasteiger partial charge on any atom is 0.441 e. The molecule has 0 saturated heterocycles. The van der Waals surface area contributed by atoms with Crippen LogP contribution in [0, 0.1) is 11.3 Å². The second kappa shape index (κ2) is 6.81. The maximum absolute atomic E-state index is 11.2. The van der Waals surface area contributed by atoms with Crippen molar-refractivity contribution in [1.29, 1.82) is 5.26 Å². The number of amides is 1. The smallest absolute Gasteiger partial charge is 0.441 e. The van der Waals surface area contributed by atoms with E-state index in [1.54, 1.807) is 24.3 Å². The molecule has 0 aliphatic heterocycles. The summed E-state index contributed by atoms with van der Waals surface area (Å²) in [6.07, 6.45) is -0.890. The van der Waals surface area contributed by atoms with E-state index in [9.17, 15) is 9.59 Å². The molecule has 0 spiro atoms. The predicted molar refractivity (Wildman–Crippen MR) is 65.4 cm³/mol. The van der Waals surface area contributed by atoms with E-state index in [1.807, 2.05) is 11.5 Å². The van der Waals surface area contributed by atoms with Crippen molar-refractivity contribution in [3.05, 3.63) is 47.5 Å². The average Bonchev–Trinajstić information content (AvgIpc) is 2.42. The van der Waals surface area contributed by atoms with E-state index in [1.165, 1.54) is 6.92 Å². The zero-order chi connectivity index (χ0) is 14.3. The van der Waals surface area contributed by atoms with Crippen molar-refractivity contribution >= 4 is 12.1 Å². The molecule has 6 heteroatoms. The Balaban J connectivity index is 2.35. The molecule has 0 aliphatic carbocycles. The maximum atomic E-state index is 11.2. The number of carbonyl (C=O) groups excluding carboxylic acids is 2. The number of nitriles is 1. The molecule has 6 nitrogen and oxygen atoms in total. The van der Waals surface area contributed by atoms with E-state index in [0.717, 1.165) is 0 Å². The van der Waals surface area contributed by atoms with Gasteiger partial charge in [0.1, 0.15) is 6.61 Å². The Morgan fingerprint density at radius 1 is 1.37 bits per heavy atom. The topological polar surface area (TPSA) is 88.4 Å². The number of hydrogen-bond acceptors (Lipinski definition) is 5. The SMILES string of the molecule is C=C(C)C(=O)ONC(=O)OCc1ccc(C#N)cc1. The molecule has 0 unspecified atom stereocenters. The van der Waals surface area contributed by atoms with Crippen LogP contribution >= 0.6 is 0 Å². The first-order chi connectivity index (χ1) is 9.02. The van der Waals surface area contributed by atoms with Crippen molar-refractivity contribution < 1.29 is 19.2 Å². The molecular formula is C13H12N2O4. The summed E-state index contributed by atoms with van der Waals surface area (Å²) in [7, 11) is 0. The summed E-state index contributed by atoms with van der Waals surface area (Å²) in [4.78, 5) is 26.5. The number of hydrogen-bond donors (Lipinski definition) is 1. The average molecular weight is 260 g/mol. The number of nitrogens with one attached hydrogen (secondary N) is 1. The molecule has 1 N–H and O–H groups in total. The Labute approximate surface area is 110 Å². The highest BCUT2D eigenvalue weighted by atomic mass is 16.7. The second-order valence-electron chi connectivity index (χ2n) is 3.66.